The van der Waals surface area contributed by atoms with Gasteiger partial charge in [0, 0.05) is 6.54 Å². The van der Waals surface area contributed by atoms with Crippen molar-refractivity contribution >= 4 is 5.97 Å². The Morgan fingerprint density at radius 2 is 2.43 bits per heavy atom. The van der Waals surface area contributed by atoms with Crippen LogP contribution in [-0.4, -0.2) is 37.6 Å². The maximum Gasteiger partial charge on any atom is 0.310 e. The number of nitrogens with zero attached hydrogens (tertiary/aromatic N) is 1. The summed E-state index contributed by atoms with van der Waals surface area (Å²) in [6.07, 6.45) is 5.81. The molecule has 0 aromatic heterocycles. The van der Waals surface area contributed by atoms with Crippen molar-refractivity contribution in [3.63, 3.8) is 0 Å². The number of piperidine rings is 1. The summed E-state index contributed by atoms with van der Waals surface area (Å²) in [7, 11) is 2.05. The highest BCUT2D eigenvalue weighted by molar-refractivity contribution is 5.72. The third kappa shape index (κ3) is 3.50. The molecule has 0 aliphatic carbocycles. The first kappa shape index (κ1) is 11.2. The van der Waals surface area contributed by atoms with Crippen molar-refractivity contribution in [2.45, 2.75) is 19.8 Å². The van der Waals surface area contributed by atoms with E-state index in [0.29, 0.717) is 6.61 Å². The van der Waals surface area contributed by atoms with E-state index in [-0.39, 0.29) is 11.9 Å². The van der Waals surface area contributed by atoms with Crippen molar-refractivity contribution in [1.29, 1.82) is 0 Å². The molecular weight excluding hydrogens is 178 g/mol. The zero-order valence-corrected chi connectivity index (χ0v) is 9.03. The zero-order valence-electron chi connectivity index (χ0n) is 9.03. The van der Waals surface area contributed by atoms with E-state index in [1.807, 2.05) is 26.1 Å². The standard InChI is InChI=1S/C11H19NO2/c1-3-4-8-14-11(13)10-6-5-7-12(2)9-10/h3-4,10H,5-9H2,1-2H3/b4-3+. The van der Waals surface area contributed by atoms with Crippen LogP contribution in [0.3, 0.4) is 0 Å². The third-order valence-corrected chi connectivity index (χ3v) is 2.52. The van der Waals surface area contributed by atoms with Gasteiger partial charge in [-0.15, -0.1) is 0 Å². The van der Waals surface area contributed by atoms with Crippen molar-refractivity contribution in [3.05, 3.63) is 12.2 Å². The van der Waals surface area contributed by atoms with Crippen LogP contribution >= 0.6 is 0 Å². The summed E-state index contributed by atoms with van der Waals surface area (Å²) in [5.74, 6) is 0.0358. The maximum atomic E-state index is 11.5. The summed E-state index contributed by atoms with van der Waals surface area (Å²) in [6.45, 7) is 4.27. The minimum Gasteiger partial charge on any atom is -0.461 e. The van der Waals surface area contributed by atoms with Crippen molar-refractivity contribution in [1.82, 2.24) is 4.90 Å². The molecule has 3 heteroatoms. The van der Waals surface area contributed by atoms with Crippen molar-refractivity contribution in [3.8, 4) is 0 Å². The first-order valence-electron chi connectivity index (χ1n) is 5.20. The molecule has 1 aliphatic heterocycles. The molecule has 0 amide bonds. The van der Waals surface area contributed by atoms with Gasteiger partial charge in [0.2, 0.25) is 0 Å². The predicted molar refractivity (Wildman–Crippen MR) is 56.0 cm³/mol. The van der Waals surface area contributed by atoms with E-state index in [9.17, 15) is 4.79 Å². The Kier molecular flexibility index (Phi) is 4.66. The van der Waals surface area contributed by atoms with Crippen LogP contribution in [0.2, 0.25) is 0 Å². The van der Waals surface area contributed by atoms with E-state index in [2.05, 4.69) is 4.90 Å². The number of carbonyl (C=O) groups excluding carboxylic acids is 1. The number of ether oxygens (including phenoxy) is 1. The molecule has 1 unspecified atom stereocenters. The monoisotopic (exact) mass is 197 g/mol. The highest BCUT2D eigenvalue weighted by Gasteiger charge is 2.24. The summed E-state index contributed by atoms with van der Waals surface area (Å²) in [5, 5.41) is 0. The molecule has 0 aromatic rings. The lowest BCUT2D eigenvalue weighted by Gasteiger charge is -2.27. The average Bonchev–Trinajstić information content (AvgIpc) is 2.18. The normalized spacial score (nSPS) is 24.0. The molecule has 1 saturated heterocycles. The lowest BCUT2D eigenvalue weighted by molar-refractivity contribution is -0.149. The van der Waals surface area contributed by atoms with Crippen LogP contribution in [-0.2, 0) is 9.53 Å². The van der Waals surface area contributed by atoms with E-state index in [0.717, 1.165) is 25.9 Å². The first-order chi connectivity index (χ1) is 6.74. The largest absolute Gasteiger partial charge is 0.461 e. The van der Waals surface area contributed by atoms with Gasteiger partial charge in [0.05, 0.1) is 5.92 Å². The van der Waals surface area contributed by atoms with Crippen LogP contribution in [0.5, 0.6) is 0 Å². The molecular formula is C11H19NO2. The molecule has 1 heterocycles. The fourth-order valence-corrected chi connectivity index (χ4v) is 1.70. The highest BCUT2D eigenvalue weighted by atomic mass is 16.5. The van der Waals surface area contributed by atoms with E-state index >= 15 is 0 Å². The van der Waals surface area contributed by atoms with Crippen molar-refractivity contribution in [2.24, 2.45) is 5.92 Å². The summed E-state index contributed by atoms with van der Waals surface area (Å²) in [6, 6.07) is 0. The Morgan fingerprint density at radius 3 is 3.07 bits per heavy atom. The summed E-state index contributed by atoms with van der Waals surface area (Å²) >= 11 is 0. The Hall–Kier alpha value is -0.830. The fraction of sp³-hybridized carbons (Fsp3) is 0.727. The maximum absolute atomic E-state index is 11.5. The van der Waals surface area contributed by atoms with Gasteiger partial charge in [0.1, 0.15) is 6.61 Å². The van der Waals surface area contributed by atoms with Crippen molar-refractivity contribution < 1.29 is 9.53 Å². The van der Waals surface area contributed by atoms with Crippen LogP contribution in [0.1, 0.15) is 19.8 Å². The van der Waals surface area contributed by atoms with Crippen LogP contribution in [0.15, 0.2) is 12.2 Å². The number of esters is 1. The van der Waals surface area contributed by atoms with E-state index in [1.165, 1.54) is 0 Å². The van der Waals surface area contributed by atoms with Gasteiger partial charge in [-0.25, -0.2) is 0 Å². The molecule has 1 aliphatic rings. The van der Waals surface area contributed by atoms with E-state index < -0.39 is 0 Å². The van der Waals surface area contributed by atoms with Gasteiger partial charge in [-0.05, 0) is 33.4 Å². The quantitative estimate of drug-likeness (QED) is 0.506. The Bertz CT molecular complexity index is 213. The number of allylic oxidation sites excluding steroid dienone is 1. The van der Waals surface area contributed by atoms with Gasteiger partial charge in [0.25, 0.3) is 0 Å². The minimum absolute atomic E-state index is 0.0466. The molecule has 0 N–H and O–H groups in total. The first-order valence-corrected chi connectivity index (χ1v) is 5.20. The number of likely N-dealkylation sites (tertiary alicyclic amines) is 1. The lowest BCUT2D eigenvalue weighted by Crippen LogP contribution is -2.36. The zero-order chi connectivity index (χ0) is 10.4. The average molecular weight is 197 g/mol. The van der Waals surface area contributed by atoms with Crippen LogP contribution < -0.4 is 0 Å². The SMILES string of the molecule is C/C=C/COC(=O)C1CCCN(C)C1. The number of hydrogen-bond acceptors (Lipinski definition) is 3. The fourth-order valence-electron chi connectivity index (χ4n) is 1.70. The number of hydrogen-bond donors (Lipinski definition) is 0. The Morgan fingerprint density at radius 1 is 1.64 bits per heavy atom. The lowest BCUT2D eigenvalue weighted by atomic mass is 9.99. The van der Waals surface area contributed by atoms with Crippen LogP contribution in [0.25, 0.3) is 0 Å². The second-order valence-corrected chi connectivity index (χ2v) is 3.80. The molecule has 3 nitrogen and oxygen atoms in total. The topological polar surface area (TPSA) is 29.5 Å². The van der Waals surface area contributed by atoms with Gasteiger partial charge in [0.15, 0.2) is 0 Å². The summed E-state index contributed by atoms with van der Waals surface area (Å²) in [4.78, 5) is 13.7. The van der Waals surface area contributed by atoms with Crippen LogP contribution in [0.4, 0.5) is 0 Å². The Labute approximate surface area is 85.7 Å². The third-order valence-electron chi connectivity index (χ3n) is 2.52. The second-order valence-electron chi connectivity index (χ2n) is 3.80. The molecule has 1 rings (SSSR count). The summed E-state index contributed by atoms with van der Waals surface area (Å²) < 4.78 is 5.12. The van der Waals surface area contributed by atoms with Gasteiger partial charge in [-0.2, -0.15) is 0 Å². The van der Waals surface area contributed by atoms with E-state index in [4.69, 9.17) is 4.74 Å². The van der Waals surface area contributed by atoms with Gasteiger partial charge < -0.3 is 9.64 Å². The molecule has 0 radical (unpaired) electrons. The number of carbonyl (C=O) groups is 1. The summed E-state index contributed by atoms with van der Waals surface area (Å²) in [5.41, 5.74) is 0. The van der Waals surface area contributed by atoms with E-state index in [1.54, 1.807) is 0 Å². The smallest absolute Gasteiger partial charge is 0.310 e. The minimum atomic E-state index is -0.0466. The molecule has 1 fully saturated rings. The molecule has 0 aromatic carbocycles. The second kappa shape index (κ2) is 5.81. The molecule has 14 heavy (non-hydrogen) atoms. The number of rotatable bonds is 3. The molecule has 0 saturated carbocycles. The molecule has 1 atom stereocenters. The van der Waals surface area contributed by atoms with Gasteiger partial charge >= 0.3 is 5.97 Å². The van der Waals surface area contributed by atoms with Gasteiger partial charge in [-0.1, -0.05) is 12.2 Å². The molecule has 0 spiro atoms. The Balaban J connectivity index is 2.28. The van der Waals surface area contributed by atoms with Gasteiger partial charge in [-0.3, -0.25) is 4.79 Å². The highest BCUT2D eigenvalue weighted by Crippen LogP contribution is 2.16. The van der Waals surface area contributed by atoms with Crippen LogP contribution in [0, 0.1) is 5.92 Å². The molecule has 80 valence electrons. The van der Waals surface area contributed by atoms with Crippen molar-refractivity contribution in [2.75, 3.05) is 26.7 Å². The predicted octanol–water partition coefficient (Wildman–Crippen LogP) is 1.45. The molecule has 0 bridgehead atoms.